The summed E-state index contributed by atoms with van der Waals surface area (Å²) in [6.07, 6.45) is 3.76. The SMILES string of the molecule is COc1cc(-c2cnc(C)n2C)ccc1Nc1cc2cc(-c3cccc(N(C)C)n3)ccc2cn1. The number of rotatable bonds is 6. The number of nitrogens with zero attached hydrogens (tertiary/aromatic N) is 5. The molecule has 0 aliphatic carbocycles. The number of methoxy groups -OCH3 is 1. The molecule has 3 heterocycles. The summed E-state index contributed by atoms with van der Waals surface area (Å²) < 4.78 is 7.75. The third-order valence-corrected chi connectivity index (χ3v) is 6.19. The zero-order valence-corrected chi connectivity index (χ0v) is 20.6. The highest BCUT2D eigenvalue weighted by atomic mass is 16.5. The van der Waals surface area contributed by atoms with Crippen LogP contribution in [-0.2, 0) is 7.05 Å². The Balaban J connectivity index is 1.46. The lowest BCUT2D eigenvalue weighted by Crippen LogP contribution is -2.10. The maximum absolute atomic E-state index is 5.69. The molecule has 0 atom stereocenters. The average Bonchev–Trinajstić information content (AvgIpc) is 3.21. The molecule has 0 saturated carbocycles. The van der Waals surface area contributed by atoms with Crippen molar-refractivity contribution in [2.75, 3.05) is 31.4 Å². The number of hydrogen-bond acceptors (Lipinski definition) is 6. The Labute approximate surface area is 205 Å². The van der Waals surface area contributed by atoms with Crippen LogP contribution in [0.5, 0.6) is 5.75 Å². The van der Waals surface area contributed by atoms with Crippen LogP contribution in [0.15, 0.2) is 73.1 Å². The van der Waals surface area contributed by atoms with Gasteiger partial charge < -0.3 is 19.5 Å². The van der Waals surface area contributed by atoms with Gasteiger partial charge in [0.15, 0.2) is 0 Å². The van der Waals surface area contributed by atoms with Crippen molar-refractivity contribution in [3.63, 3.8) is 0 Å². The van der Waals surface area contributed by atoms with Gasteiger partial charge in [0.2, 0.25) is 0 Å². The maximum atomic E-state index is 5.69. The monoisotopic (exact) mass is 464 g/mol. The van der Waals surface area contributed by atoms with Gasteiger partial charge in [-0.2, -0.15) is 0 Å². The van der Waals surface area contributed by atoms with Crippen LogP contribution < -0.4 is 15.0 Å². The fourth-order valence-corrected chi connectivity index (χ4v) is 4.06. The Kier molecular flexibility index (Phi) is 5.82. The molecule has 0 aliphatic rings. The lowest BCUT2D eigenvalue weighted by atomic mass is 10.1. The van der Waals surface area contributed by atoms with E-state index in [0.29, 0.717) is 0 Å². The number of benzene rings is 2. The third kappa shape index (κ3) is 4.40. The van der Waals surface area contributed by atoms with Crippen molar-refractivity contribution in [2.45, 2.75) is 6.92 Å². The van der Waals surface area contributed by atoms with Gasteiger partial charge in [-0.1, -0.05) is 24.3 Å². The molecule has 0 aliphatic heterocycles. The number of fused-ring (bicyclic) bond motifs is 1. The Morgan fingerprint density at radius 3 is 2.46 bits per heavy atom. The molecular weight excluding hydrogens is 436 g/mol. The van der Waals surface area contributed by atoms with Crippen molar-refractivity contribution in [2.24, 2.45) is 7.05 Å². The van der Waals surface area contributed by atoms with Crippen LogP contribution in [0, 0.1) is 6.92 Å². The molecule has 0 fully saturated rings. The summed E-state index contributed by atoms with van der Waals surface area (Å²) in [5.41, 5.74) is 4.92. The van der Waals surface area contributed by atoms with Gasteiger partial charge in [0.25, 0.3) is 0 Å². The smallest absolute Gasteiger partial charge is 0.143 e. The molecule has 5 rings (SSSR count). The third-order valence-electron chi connectivity index (χ3n) is 6.19. The van der Waals surface area contributed by atoms with Gasteiger partial charge in [-0.15, -0.1) is 0 Å². The number of ether oxygens (including phenoxy) is 1. The van der Waals surface area contributed by atoms with E-state index in [1.165, 1.54) is 0 Å². The largest absolute Gasteiger partial charge is 0.495 e. The second-order valence-corrected chi connectivity index (χ2v) is 8.70. The number of imidazole rings is 1. The van der Waals surface area contributed by atoms with E-state index >= 15 is 0 Å². The number of aromatic nitrogens is 4. The second-order valence-electron chi connectivity index (χ2n) is 8.70. The van der Waals surface area contributed by atoms with Crippen LogP contribution in [0.2, 0.25) is 0 Å². The van der Waals surface area contributed by atoms with Gasteiger partial charge in [0, 0.05) is 43.9 Å². The highest BCUT2D eigenvalue weighted by Crippen LogP contribution is 2.33. The molecule has 7 nitrogen and oxygen atoms in total. The van der Waals surface area contributed by atoms with Crippen LogP contribution in [0.3, 0.4) is 0 Å². The Morgan fingerprint density at radius 1 is 0.886 bits per heavy atom. The topological polar surface area (TPSA) is 68.1 Å². The summed E-state index contributed by atoms with van der Waals surface area (Å²) in [6.45, 7) is 1.99. The first-order valence-corrected chi connectivity index (χ1v) is 11.4. The summed E-state index contributed by atoms with van der Waals surface area (Å²) in [6, 6.07) is 20.5. The van der Waals surface area contributed by atoms with Gasteiger partial charge in [-0.3, -0.25) is 0 Å². The van der Waals surface area contributed by atoms with E-state index in [0.717, 1.165) is 62.2 Å². The van der Waals surface area contributed by atoms with E-state index in [2.05, 4.69) is 44.1 Å². The molecular formula is C28H28N6O. The molecule has 176 valence electrons. The first-order valence-electron chi connectivity index (χ1n) is 11.4. The van der Waals surface area contributed by atoms with Crippen LogP contribution in [0.25, 0.3) is 33.3 Å². The second kappa shape index (κ2) is 9.10. The molecule has 0 radical (unpaired) electrons. The Hall–Kier alpha value is -4.39. The summed E-state index contributed by atoms with van der Waals surface area (Å²) in [5, 5.41) is 5.56. The van der Waals surface area contributed by atoms with E-state index in [4.69, 9.17) is 9.72 Å². The molecule has 0 bridgehead atoms. The Bertz CT molecular complexity index is 1520. The molecule has 5 aromatic rings. The van der Waals surface area contributed by atoms with Crippen molar-refractivity contribution in [1.29, 1.82) is 0 Å². The predicted molar refractivity (Wildman–Crippen MR) is 143 cm³/mol. The van der Waals surface area contributed by atoms with E-state index in [-0.39, 0.29) is 0 Å². The molecule has 2 aromatic carbocycles. The zero-order chi connectivity index (χ0) is 24.5. The molecule has 0 spiro atoms. The standard InChI is InChI=1S/C28H28N6O/c1-18-29-17-25(34(18)4)20-11-12-24(26(14-20)35-5)31-27-15-22-13-19(9-10-21(22)16-30-27)23-7-6-8-28(32-23)33(2)3/h6-17H,1-5H3,(H,30,31). The highest BCUT2D eigenvalue weighted by Gasteiger charge is 2.11. The maximum Gasteiger partial charge on any atom is 0.143 e. The Morgan fingerprint density at radius 2 is 1.71 bits per heavy atom. The fraction of sp³-hybridized carbons (Fsp3) is 0.179. The van der Waals surface area contributed by atoms with Crippen LogP contribution in [-0.4, -0.2) is 40.7 Å². The molecule has 35 heavy (non-hydrogen) atoms. The van der Waals surface area contributed by atoms with E-state index in [9.17, 15) is 0 Å². The highest BCUT2D eigenvalue weighted by molar-refractivity contribution is 5.89. The number of pyridine rings is 2. The van der Waals surface area contributed by atoms with Crippen molar-refractivity contribution in [3.8, 4) is 28.3 Å². The summed E-state index contributed by atoms with van der Waals surface area (Å²) in [7, 11) is 7.67. The summed E-state index contributed by atoms with van der Waals surface area (Å²) >= 11 is 0. The lowest BCUT2D eigenvalue weighted by Gasteiger charge is -2.14. The van der Waals surface area contributed by atoms with Crippen LogP contribution in [0.1, 0.15) is 5.82 Å². The van der Waals surface area contributed by atoms with E-state index < -0.39 is 0 Å². The normalized spacial score (nSPS) is 11.0. The van der Waals surface area contributed by atoms with Crippen LogP contribution in [0.4, 0.5) is 17.3 Å². The van der Waals surface area contributed by atoms with Gasteiger partial charge in [0.05, 0.1) is 30.4 Å². The number of nitrogens with one attached hydrogen (secondary N) is 1. The summed E-state index contributed by atoms with van der Waals surface area (Å²) in [4.78, 5) is 15.8. The molecule has 1 N–H and O–H groups in total. The predicted octanol–water partition coefficient (Wildman–Crippen LogP) is 5.82. The van der Waals surface area contributed by atoms with Gasteiger partial charge >= 0.3 is 0 Å². The van der Waals surface area contributed by atoms with Crippen LogP contribution >= 0.6 is 0 Å². The van der Waals surface area contributed by atoms with Gasteiger partial charge in [0.1, 0.15) is 23.2 Å². The first kappa shape index (κ1) is 22.4. The van der Waals surface area contributed by atoms with Crippen molar-refractivity contribution in [3.05, 3.63) is 78.9 Å². The minimum Gasteiger partial charge on any atom is -0.495 e. The number of aryl methyl sites for hydroxylation is 1. The van der Waals surface area contributed by atoms with E-state index in [1.54, 1.807) is 7.11 Å². The average molecular weight is 465 g/mol. The molecule has 0 saturated heterocycles. The van der Waals surface area contributed by atoms with E-state index in [1.807, 2.05) is 81.8 Å². The number of anilines is 3. The number of hydrogen-bond donors (Lipinski definition) is 1. The van der Waals surface area contributed by atoms with Crippen molar-refractivity contribution >= 4 is 28.1 Å². The molecule has 0 unspecified atom stereocenters. The summed E-state index contributed by atoms with van der Waals surface area (Å²) in [5.74, 6) is 3.37. The minimum absolute atomic E-state index is 0.738. The lowest BCUT2D eigenvalue weighted by molar-refractivity contribution is 0.417. The van der Waals surface area contributed by atoms with Gasteiger partial charge in [-0.05, 0) is 48.7 Å². The molecule has 0 amide bonds. The zero-order valence-electron chi connectivity index (χ0n) is 20.6. The molecule has 3 aromatic heterocycles. The quantitative estimate of drug-likeness (QED) is 0.341. The first-order chi connectivity index (χ1) is 16.9. The molecule has 7 heteroatoms. The fourth-order valence-electron chi connectivity index (χ4n) is 4.06. The van der Waals surface area contributed by atoms with Gasteiger partial charge in [-0.25, -0.2) is 15.0 Å². The minimum atomic E-state index is 0.738. The van der Waals surface area contributed by atoms with Crippen molar-refractivity contribution < 1.29 is 4.74 Å². The van der Waals surface area contributed by atoms with Crippen molar-refractivity contribution in [1.82, 2.24) is 19.5 Å².